The summed E-state index contributed by atoms with van der Waals surface area (Å²) < 4.78 is 24.2. The highest BCUT2D eigenvalue weighted by Gasteiger charge is 2.28. The summed E-state index contributed by atoms with van der Waals surface area (Å²) in [6, 6.07) is 6.57. The summed E-state index contributed by atoms with van der Waals surface area (Å²) in [5.74, 6) is -1.62. The molecule has 1 saturated carbocycles. The van der Waals surface area contributed by atoms with Gasteiger partial charge in [0.2, 0.25) is 0 Å². The first-order valence-electron chi connectivity index (χ1n) is 11.1. The third kappa shape index (κ3) is 5.33. The Morgan fingerprint density at radius 3 is 2.44 bits per heavy atom. The molecule has 8 nitrogen and oxygen atoms in total. The average molecular weight is 468 g/mol. The molecule has 4 aromatic rings. The van der Waals surface area contributed by atoms with Crippen LogP contribution in [-0.4, -0.2) is 55.2 Å². The second-order valence-corrected chi connectivity index (χ2v) is 8.59. The number of carbonyl (C=O) groups is 1. The van der Waals surface area contributed by atoms with Gasteiger partial charge in [-0.2, -0.15) is 19.0 Å². The molecule has 0 saturated heterocycles. The van der Waals surface area contributed by atoms with Crippen LogP contribution in [0.4, 0.5) is 8.78 Å². The van der Waals surface area contributed by atoms with Crippen LogP contribution in [0.1, 0.15) is 50.0 Å². The van der Waals surface area contributed by atoms with Crippen molar-refractivity contribution >= 4 is 17.2 Å². The molecule has 1 fully saturated rings. The number of aromatic amines is 1. The van der Waals surface area contributed by atoms with Crippen LogP contribution < -0.4 is 5.32 Å². The molecule has 1 aliphatic carbocycles. The van der Waals surface area contributed by atoms with Crippen LogP contribution in [0.5, 0.6) is 0 Å². The number of likely N-dealkylation sites (N-methyl/N-ethyl adjacent to an activating group) is 1. The van der Waals surface area contributed by atoms with Crippen molar-refractivity contribution in [3.63, 3.8) is 0 Å². The van der Waals surface area contributed by atoms with Crippen LogP contribution in [0.15, 0.2) is 49.2 Å². The number of rotatable bonds is 7. The molecule has 0 radical (unpaired) electrons. The first-order chi connectivity index (χ1) is 16.3. The van der Waals surface area contributed by atoms with Crippen LogP contribution in [0.25, 0.3) is 22.0 Å². The predicted octanol–water partition coefficient (Wildman–Crippen LogP) is 4.13. The molecule has 2 atom stereocenters. The minimum absolute atomic E-state index is 0.00975. The molecule has 1 aromatic carbocycles. The summed E-state index contributed by atoms with van der Waals surface area (Å²) in [6.07, 6.45) is 11.6. The summed E-state index contributed by atoms with van der Waals surface area (Å²) in [6.45, 7) is 2.70. The van der Waals surface area contributed by atoms with Crippen LogP contribution >= 0.6 is 0 Å². The molecule has 0 bridgehead atoms. The van der Waals surface area contributed by atoms with Crippen LogP contribution in [-0.2, 0) is 4.79 Å². The second kappa shape index (κ2) is 9.76. The molecule has 0 aliphatic heterocycles. The van der Waals surface area contributed by atoms with E-state index in [1.807, 2.05) is 38.0 Å². The van der Waals surface area contributed by atoms with Gasteiger partial charge in [-0.1, -0.05) is 6.07 Å². The van der Waals surface area contributed by atoms with E-state index in [0.29, 0.717) is 12.8 Å². The van der Waals surface area contributed by atoms with E-state index in [1.54, 1.807) is 0 Å². The Kier molecular flexibility index (Phi) is 6.78. The maximum absolute atomic E-state index is 11.1. The van der Waals surface area contributed by atoms with Gasteiger partial charge >= 0.3 is 0 Å². The number of aldehydes is 1. The Morgan fingerprint density at radius 1 is 1.18 bits per heavy atom. The zero-order valence-corrected chi connectivity index (χ0v) is 19.2. The summed E-state index contributed by atoms with van der Waals surface area (Å²) in [4.78, 5) is 18.3. The number of nitrogens with zero attached hydrogens (tertiary/aromatic N) is 5. The maximum atomic E-state index is 11.1. The smallest absolute Gasteiger partial charge is 0.299 e. The van der Waals surface area contributed by atoms with E-state index in [0.717, 1.165) is 33.4 Å². The Hall–Kier alpha value is -3.53. The van der Waals surface area contributed by atoms with Gasteiger partial charge in [-0.3, -0.25) is 14.6 Å². The van der Waals surface area contributed by atoms with Crippen molar-refractivity contribution < 1.29 is 13.6 Å². The van der Waals surface area contributed by atoms with Crippen molar-refractivity contribution in [2.24, 2.45) is 0 Å². The van der Waals surface area contributed by atoms with E-state index in [1.165, 1.54) is 12.8 Å². The number of fused-ring (bicyclic) bond motifs is 1. The standard InChI is InChI=1S/C21H23N7.C3H4F2O/c1-13(22-2)20(18-8-23-21(24-9-18)14-3-4-14)28-19-6-5-15(7-16(19)12-27-28)17-10-25-26-11-17;1-3(4,5)2-6/h5-14,20,22H,3-4H2,1-2H3,(H,25,26);2H,1H3/t13-,20-;/m1./s1. The largest absolute Gasteiger partial charge is 0.315 e. The van der Waals surface area contributed by atoms with E-state index in [9.17, 15) is 8.78 Å². The third-order valence-electron chi connectivity index (χ3n) is 5.80. The van der Waals surface area contributed by atoms with Crippen molar-refractivity contribution in [2.75, 3.05) is 7.05 Å². The Bertz CT molecular complexity index is 1230. The van der Waals surface area contributed by atoms with Crippen molar-refractivity contribution in [1.82, 2.24) is 35.3 Å². The maximum Gasteiger partial charge on any atom is 0.299 e. The molecule has 10 heteroatoms. The highest BCUT2D eigenvalue weighted by Crippen LogP contribution is 2.38. The molecule has 34 heavy (non-hydrogen) atoms. The van der Waals surface area contributed by atoms with Crippen LogP contribution in [0, 0.1) is 0 Å². The van der Waals surface area contributed by atoms with Gasteiger partial charge in [-0.05, 0) is 44.5 Å². The molecule has 3 heterocycles. The van der Waals surface area contributed by atoms with Crippen molar-refractivity contribution in [1.29, 1.82) is 0 Å². The molecule has 178 valence electrons. The number of H-pyrrole nitrogens is 1. The van der Waals surface area contributed by atoms with E-state index in [2.05, 4.69) is 55.3 Å². The van der Waals surface area contributed by atoms with E-state index < -0.39 is 12.2 Å². The summed E-state index contributed by atoms with van der Waals surface area (Å²) in [5, 5.41) is 16.1. The number of hydrogen-bond donors (Lipinski definition) is 2. The number of aromatic nitrogens is 6. The zero-order chi connectivity index (χ0) is 24.3. The van der Waals surface area contributed by atoms with Crippen molar-refractivity contribution in [2.45, 2.75) is 50.6 Å². The average Bonchev–Trinajstić information content (AvgIpc) is 3.38. The molecule has 0 spiro atoms. The van der Waals surface area contributed by atoms with Gasteiger partial charge in [-0.25, -0.2) is 9.97 Å². The normalized spacial score (nSPS) is 15.4. The van der Waals surface area contributed by atoms with Crippen LogP contribution in [0.2, 0.25) is 0 Å². The lowest BCUT2D eigenvalue weighted by atomic mass is 10.0. The predicted molar refractivity (Wildman–Crippen MR) is 125 cm³/mol. The molecule has 5 rings (SSSR count). The zero-order valence-electron chi connectivity index (χ0n) is 19.2. The topological polar surface area (TPSA) is 101 Å². The van der Waals surface area contributed by atoms with Gasteiger partial charge in [0.1, 0.15) is 5.82 Å². The summed E-state index contributed by atoms with van der Waals surface area (Å²) in [7, 11) is 1.97. The molecule has 1 aliphatic rings. The number of halogens is 2. The lowest BCUT2D eigenvalue weighted by molar-refractivity contribution is -0.126. The number of benzene rings is 1. The fourth-order valence-corrected chi connectivity index (χ4v) is 3.72. The van der Waals surface area contributed by atoms with Gasteiger partial charge in [0, 0.05) is 54.0 Å². The minimum atomic E-state index is -3.14. The lowest BCUT2D eigenvalue weighted by Gasteiger charge is -2.25. The van der Waals surface area contributed by atoms with Gasteiger partial charge in [0.25, 0.3) is 5.92 Å². The second-order valence-electron chi connectivity index (χ2n) is 8.59. The third-order valence-corrected chi connectivity index (χ3v) is 5.80. The SMILES string of the molecule is CC(F)(F)C=O.CN[C@H](C)[C@H](c1cnc(C2CC2)nc1)n1ncc2cc(-c3cn[nH]c3)ccc21. The lowest BCUT2D eigenvalue weighted by Crippen LogP contribution is -2.34. The molecular weight excluding hydrogens is 440 g/mol. The van der Waals surface area contributed by atoms with Gasteiger partial charge in [0.05, 0.1) is 24.0 Å². The molecule has 0 unspecified atom stereocenters. The number of alkyl halides is 2. The Morgan fingerprint density at radius 2 is 1.88 bits per heavy atom. The monoisotopic (exact) mass is 467 g/mol. The highest BCUT2D eigenvalue weighted by atomic mass is 19.3. The quantitative estimate of drug-likeness (QED) is 0.396. The first-order valence-corrected chi connectivity index (χ1v) is 11.1. The van der Waals surface area contributed by atoms with Crippen molar-refractivity contribution in [3.05, 3.63) is 60.6 Å². The summed E-state index contributed by atoms with van der Waals surface area (Å²) >= 11 is 0. The highest BCUT2D eigenvalue weighted by molar-refractivity contribution is 5.84. The fraction of sp³-hybridized carbons (Fsp3) is 0.375. The fourth-order valence-electron chi connectivity index (χ4n) is 3.72. The van der Waals surface area contributed by atoms with Gasteiger partial charge < -0.3 is 5.32 Å². The van der Waals surface area contributed by atoms with Crippen molar-refractivity contribution in [3.8, 4) is 11.1 Å². The molecule has 2 N–H and O–H groups in total. The Labute approximate surface area is 195 Å². The van der Waals surface area contributed by atoms with E-state index >= 15 is 0 Å². The number of carbonyl (C=O) groups excluding carboxylic acids is 1. The van der Waals surface area contributed by atoms with E-state index in [4.69, 9.17) is 9.89 Å². The molecular formula is C24H27F2N7O. The van der Waals surface area contributed by atoms with E-state index in [-0.39, 0.29) is 12.1 Å². The minimum Gasteiger partial charge on any atom is -0.315 e. The number of nitrogens with one attached hydrogen (secondary N) is 2. The van der Waals surface area contributed by atoms with Crippen LogP contribution in [0.3, 0.4) is 0 Å². The van der Waals surface area contributed by atoms with Gasteiger partial charge in [-0.15, -0.1) is 0 Å². The molecule has 0 amide bonds. The van der Waals surface area contributed by atoms with Gasteiger partial charge in [0.15, 0.2) is 6.29 Å². The number of hydrogen-bond acceptors (Lipinski definition) is 6. The first kappa shape index (κ1) is 23.6. The Balaban J connectivity index is 0.000000408. The molecule has 3 aromatic heterocycles. The summed E-state index contributed by atoms with van der Waals surface area (Å²) in [5.41, 5.74) is 4.34.